The number of imidazole rings is 1. The van der Waals surface area contributed by atoms with Gasteiger partial charge in [0.05, 0.1) is 18.0 Å². The largest absolute Gasteiger partial charge is 0.420 e. The number of hydrogen-bond donors (Lipinski definition) is 2. The van der Waals surface area contributed by atoms with E-state index in [0.29, 0.717) is 5.56 Å². The second kappa shape index (κ2) is 6.98. The van der Waals surface area contributed by atoms with Gasteiger partial charge in [-0.3, -0.25) is 19.4 Å². The lowest BCUT2D eigenvalue weighted by molar-refractivity contribution is -0.136. The Bertz CT molecular complexity index is 1310. The molecule has 4 aromatic rings. The van der Waals surface area contributed by atoms with Gasteiger partial charge in [0.2, 0.25) is 0 Å². The summed E-state index contributed by atoms with van der Waals surface area (Å²) in [7, 11) is 0. The lowest BCUT2D eigenvalue weighted by Crippen LogP contribution is -2.29. The van der Waals surface area contributed by atoms with Crippen LogP contribution in [0.4, 0.5) is 13.2 Å². The van der Waals surface area contributed by atoms with Crippen LogP contribution in [0.2, 0.25) is 5.15 Å². The number of aromatic amines is 2. The maximum absolute atomic E-state index is 13.8. The highest BCUT2D eigenvalue weighted by molar-refractivity contribution is 6.33. The Morgan fingerprint density at radius 3 is 2.45 bits per heavy atom. The minimum atomic E-state index is -4.69. The van der Waals surface area contributed by atoms with Crippen LogP contribution >= 0.6 is 11.6 Å². The van der Waals surface area contributed by atoms with Gasteiger partial charge >= 0.3 is 6.18 Å². The molecule has 1 amide bonds. The van der Waals surface area contributed by atoms with Gasteiger partial charge in [0.15, 0.2) is 11.3 Å². The summed E-state index contributed by atoms with van der Waals surface area (Å²) in [6, 6.07) is 0.964. The molecule has 0 radical (unpaired) electrons. The van der Waals surface area contributed by atoms with Gasteiger partial charge in [-0.2, -0.15) is 23.4 Å². The predicted octanol–water partition coefficient (Wildman–Crippen LogP) is 3.66. The third-order valence-electron chi connectivity index (χ3n) is 5.08. The van der Waals surface area contributed by atoms with Crippen LogP contribution < -0.4 is 0 Å². The Balaban J connectivity index is 1.56. The van der Waals surface area contributed by atoms with E-state index in [9.17, 15) is 18.0 Å². The van der Waals surface area contributed by atoms with E-state index in [1.165, 1.54) is 23.5 Å². The van der Waals surface area contributed by atoms with Crippen molar-refractivity contribution in [2.75, 3.05) is 13.1 Å². The zero-order chi connectivity index (χ0) is 21.8. The van der Waals surface area contributed by atoms with Crippen LogP contribution in [0.15, 0.2) is 43.1 Å². The molecule has 4 aromatic heterocycles. The van der Waals surface area contributed by atoms with Crippen molar-refractivity contribution < 1.29 is 18.0 Å². The number of nitrogens with zero attached hydrogens (tertiary/aromatic N) is 5. The van der Waals surface area contributed by atoms with E-state index in [0.717, 1.165) is 21.6 Å². The summed E-state index contributed by atoms with van der Waals surface area (Å²) in [6.07, 6.45) is 4.75. The van der Waals surface area contributed by atoms with Gasteiger partial charge in [0.25, 0.3) is 5.91 Å². The van der Waals surface area contributed by atoms with E-state index in [1.54, 1.807) is 12.4 Å². The maximum Gasteiger partial charge on any atom is 0.420 e. The van der Waals surface area contributed by atoms with Crippen LogP contribution in [0.1, 0.15) is 21.6 Å². The molecule has 0 bridgehead atoms. The second-order valence-electron chi connectivity index (χ2n) is 6.97. The van der Waals surface area contributed by atoms with Crippen molar-refractivity contribution in [2.45, 2.75) is 6.18 Å². The van der Waals surface area contributed by atoms with Crippen LogP contribution in [-0.4, -0.2) is 53.7 Å². The van der Waals surface area contributed by atoms with E-state index in [1.807, 2.05) is 6.08 Å². The molecule has 5 heterocycles. The topological polar surface area (TPSA) is 95.0 Å². The molecule has 0 fully saturated rings. The number of hydrogen-bond acceptors (Lipinski definition) is 4. The number of nitrogens with one attached hydrogen (secondary N) is 2. The number of alkyl halides is 3. The Kier molecular flexibility index (Phi) is 4.36. The zero-order valence-corrected chi connectivity index (χ0v) is 16.4. The van der Waals surface area contributed by atoms with E-state index in [4.69, 9.17) is 11.6 Å². The summed E-state index contributed by atoms with van der Waals surface area (Å²) in [6.45, 7) is 0.560. The molecule has 0 aromatic carbocycles. The van der Waals surface area contributed by atoms with E-state index in [-0.39, 0.29) is 29.5 Å². The molecule has 158 valence electrons. The summed E-state index contributed by atoms with van der Waals surface area (Å²) in [5.41, 5.74) is 0.718. The Morgan fingerprint density at radius 2 is 1.81 bits per heavy atom. The van der Waals surface area contributed by atoms with Crippen molar-refractivity contribution in [3.05, 3.63) is 65.1 Å². The summed E-state index contributed by atoms with van der Waals surface area (Å²) in [5, 5.41) is 12.7. The molecular weight excluding hydrogens is 435 g/mol. The molecule has 31 heavy (non-hydrogen) atoms. The normalized spacial score (nSPS) is 14.5. The van der Waals surface area contributed by atoms with E-state index >= 15 is 0 Å². The molecular formula is C19H13ClF3N7O. The van der Waals surface area contributed by atoms with Gasteiger partial charge in [0.1, 0.15) is 5.15 Å². The minimum absolute atomic E-state index is 0.187. The van der Waals surface area contributed by atoms with Crippen LogP contribution in [0.5, 0.6) is 0 Å². The highest BCUT2D eigenvalue weighted by Gasteiger charge is 2.37. The van der Waals surface area contributed by atoms with Gasteiger partial charge in [0, 0.05) is 48.4 Å². The third kappa shape index (κ3) is 3.26. The quantitative estimate of drug-likeness (QED) is 0.501. The number of pyridine rings is 1. The molecule has 5 rings (SSSR count). The molecule has 0 aliphatic carbocycles. The number of carbonyl (C=O) groups is 1. The van der Waals surface area contributed by atoms with Crippen molar-refractivity contribution in [1.29, 1.82) is 0 Å². The maximum atomic E-state index is 13.8. The van der Waals surface area contributed by atoms with Gasteiger partial charge in [-0.1, -0.05) is 17.7 Å². The fraction of sp³-hybridized carbons (Fsp3) is 0.158. The van der Waals surface area contributed by atoms with Crippen LogP contribution in [-0.2, 0) is 6.18 Å². The average molecular weight is 448 g/mol. The first kappa shape index (κ1) is 19.4. The molecule has 0 saturated carbocycles. The summed E-state index contributed by atoms with van der Waals surface area (Å²) < 4.78 is 42.4. The molecule has 8 nitrogen and oxygen atoms in total. The number of carbonyl (C=O) groups excluding carboxylic acids is 1. The van der Waals surface area contributed by atoms with Crippen molar-refractivity contribution in [3.8, 4) is 11.1 Å². The summed E-state index contributed by atoms with van der Waals surface area (Å²) >= 11 is 6.35. The first-order valence-electron chi connectivity index (χ1n) is 9.08. The average Bonchev–Trinajstić information content (AvgIpc) is 3.53. The molecule has 0 unspecified atom stereocenters. The lowest BCUT2D eigenvalue weighted by Gasteiger charge is -2.14. The van der Waals surface area contributed by atoms with Crippen molar-refractivity contribution in [1.82, 2.24) is 34.7 Å². The van der Waals surface area contributed by atoms with Crippen molar-refractivity contribution in [2.24, 2.45) is 0 Å². The van der Waals surface area contributed by atoms with Gasteiger partial charge in [-0.05, 0) is 11.6 Å². The van der Waals surface area contributed by atoms with Crippen LogP contribution in [0, 0.1) is 0 Å². The van der Waals surface area contributed by atoms with Gasteiger partial charge < -0.3 is 4.90 Å². The van der Waals surface area contributed by atoms with Gasteiger partial charge in [-0.15, -0.1) is 0 Å². The number of fused-ring (bicyclic) bond motifs is 1. The van der Waals surface area contributed by atoms with Crippen LogP contribution in [0.25, 0.3) is 22.3 Å². The first-order chi connectivity index (χ1) is 14.8. The van der Waals surface area contributed by atoms with Crippen LogP contribution in [0.3, 0.4) is 0 Å². The Labute approximate surface area is 177 Å². The zero-order valence-electron chi connectivity index (χ0n) is 15.6. The number of H-pyrrole nitrogens is 2. The monoisotopic (exact) mass is 447 g/mol. The molecule has 0 saturated heterocycles. The molecule has 2 N–H and O–H groups in total. The molecule has 0 atom stereocenters. The van der Waals surface area contributed by atoms with Crippen molar-refractivity contribution >= 4 is 28.7 Å². The SMILES string of the molecule is O=C(c1nc2c(C(F)(F)F)cc(-c3cn[nH]c3)cn2c1Cl)N1CC=C(c2cn[nH]c2)C1. The highest BCUT2D eigenvalue weighted by atomic mass is 35.5. The standard InChI is InChI=1S/C19H13ClF3N7O/c20-16-15(18(31)29-2-1-10(8-29)12-4-24-25-5-12)28-17-14(19(21,22)23)3-11(9-30(16)17)13-6-26-27-7-13/h1,3-7,9H,2,8H2,(H,24,25)(H,26,27). The molecule has 1 aliphatic rings. The predicted molar refractivity (Wildman–Crippen MR) is 105 cm³/mol. The van der Waals surface area contributed by atoms with Crippen molar-refractivity contribution in [3.63, 3.8) is 0 Å². The number of amides is 1. The Hall–Kier alpha value is -3.60. The third-order valence-corrected chi connectivity index (χ3v) is 5.44. The molecule has 12 heteroatoms. The fourth-order valence-electron chi connectivity index (χ4n) is 3.52. The van der Waals surface area contributed by atoms with E-state index < -0.39 is 23.3 Å². The molecule has 1 aliphatic heterocycles. The minimum Gasteiger partial charge on any atom is -0.329 e. The lowest BCUT2D eigenvalue weighted by atomic mass is 10.1. The number of aromatic nitrogens is 6. The smallest absolute Gasteiger partial charge is 0.329 e. The Morgan fingerprint density at radius 1 is 1.10 bits per heavy atom. The summed E-state index contributed by atoms with van der Waals surface area (Å²) in [4.78, 5) is 18.5. The van der Waals surface area contributed by atoms with Gasteiger partial charge in [-0.25, -0.2) is 4.98 Å². The highest BCUT2D eigenvalue weighted by Crippen LogP contribution is 2.37. The second-order valence-corrected chi connectivity index (χ2v) is 7.33. The summed E-state index contributed by atoms with van der Waals surface area (Å²) in [5.74, 6) is -0.554. The number of halogens is 4. The fourth-order valence-corrected chi connectivity index (χ4v) is 3.78. The molecule has 0 spiro atoms. The van der Waals surface area contributed by atoms with E-state index in [2.05, 4.69) is 25.4 Å². The number of rotatable bonds is 3. The first-order valence-corrected chi connectivity index (χ1v) is 9.46.